The molecule has 2 fully saturated rings. The molecule has 3 aromatic rings. The second-order valence-corrected chi connectivity index (χ2v) is 9.24. The van der Waals surface area contributed by atoms with E-state index in [1.54, 1.807) is 18.2 Å². The first-order valence-electron chi connectivity index (χ1n) is 11.2. The third-order valence-electron chi connectivity index (χ3n) is 6.95. The Morgan fingerprint density at radius 1 is 1.06 bits per heavy atom. The van der Waals surface area contributed by atoms with E-state index in [9.17, 15) is 9.18 Å². The summed E-state index contributed by atoms with van der Waals surface area (Å²) in [6, 6.07) is 14.2. The number of carbonyl (C=O) groups is 1. The van der Waals surface area contributed by atoms with Crippen molar-refractivity contribution in [2.75, 3.05) is 13.1 Å². The van der Waals surface area contributed by atoms with Crippen LogP contribution in [0, 0.1) is 5.82 Å². The zero-order chi connectivity index (χ0) is 22.1. The average molecular weight is 454 g/mol. The predicted octanol–water partition coefficient (Wildman–Crippen LogP) is 5.75. The molecule has 5 nitrogen and oxygen atoms in total. The minimum absolute atomic E-state index is 0.0714. The van der Waals surface area contributed by atoms with Gasteiger partial charge in [-0.05, 0) is 55.5 Å². The lowest BCUT2D eigenvalue weighted by molar-refractivity contribution is -0.138. The Morgan fingerprint density at radius 2 is 1.75 bits per heavy atom. The van der Waals surface area contributed by atoms with Crippen LogP contribution < -0.4 is 0 Å². The number of benzene rings is 2. The van der Waals surface area contributed by atoms with Crippen LogP contribution in [0.4, 0.5) is 4.39 Å². The molecule has 1 saturated heterocycles. The lowest BCUT2D eigenvalue weighted by Crippen LogP contribution is -2.48. The van der Waals surface area contributed by atoms with Crippen LogP contribution >= 0.6 is 11.6 Å². The molecule has 2 aromatic carbocycles. The Morgan fingerprint density at radius 3 is 2.44 bits per heavy atom. The fourth-order valence-corrected chi connectivity index (χ4v) is 5.28. The molecule has 0 bridgehead atoms. The van der Waals surface area contributed by atoms with Gasteiger partial charge in [0.05, 0.1) is 11.0 Å². The molecule has 1 aliphatic heterocycles. The molecular formula is C25H25ClFN3O2. The van der Waals surface area contributed by atoms with Crippen LogP contribution in [0.15, 0.2) is 53.1 Å². The smallest absolute Gasteiger partial charge is 0.233 e. The maximum atomic E-state index is 14.0. The molecule has 1 saturated carbocycles. The van der Waals surface area contributed by atoms with Gasteiger partial charge in [0.1, 0.15) is 5.82 Å². The van der Waals surface area contributed by atoms with Gasteiger partial charge in [0, 0.05) is 24.0 Å². The summed E-state index contributed by atoms with van der Waals surface area (Å²) in [5.41, 5.74) is 0.958. The summed E-state index contributed by atoms with van der Waals surface area (Å²) in [7, 11) is 0. The number of hydrogen-bond acceptors (Lipinski definition) is 4. The van der Waals surface area contributed by atoms with E-state index in [1.165, 1.54) is 6.07 Å². The van der Waals surface area contributed by atoms with E-state index in [2.05, 4.69) is 10.1 Å². The minimum atomic E-state index is -0.445. The van der Waals surface area contributed by atoms with Gasteiger partial charge in [-0.1, -0.05) is 53.9 Å². The average Bonchev–Trinajstić information content (AvgIpc) is 3.51. The second-order valence-electron chi connectivity index (χ2n) is 8.80. The maximum absolute atomic E-state index is 14.0. The lowest BCUT2D eigenvalue weighted by atomic mass is 9.77. The van der Waals surface area contributed by atoms with Gasteiger partial charge in [0.15, 0.2) is 0 Å². The van der Waals surface area contributed by atoms with Gasteiger partial charge in [-0.25, -0.2) is 4.39 Å². The number of rotatable bonds is 4. The fourth-order valence-electron chi connectivity index (χ4n) is 5.16. The molecule has 1 aromatic heterocycles. The molecule has 0 N–H and O–H groups in total. The van der Waals surface area contributed by atoms with Crippen molar-refractivity contribution in [3.8, 4) is 11.4 Å². The topological polar surface area (TPSA) is 59.2 Å². The highest BCUT2D eigenvalue weighted by Crippen LogP contribution is 2.44. The molecule has 166 valence electrons. The molecule has 2 aliphatic rings. The Bertz CT molecular complexity index is 1100. The van der Waals surface area contributed by atoms with Crippen molar-refractivity contribution in [2.24, 2.45) is 0 Å². The first-order valence-corrected chi connectivity index (χ1v) is 11.6. The molecule has 1 aliphatic carbocycles. The highest BCUT2D eigenvalue weighted by atomic mass is 35.5. The molecular weight excluding hydrogens is 429 g/mol. The number of aromatic nitrogens is 2. The number of halogens is 2. The van der Waals surface area contributed by atoms with E-state index >= 15 is 0 Å². The Hall–Kier alpha value is -2.73. The predicted molar refractivity (Wildman–Crippen MR) is 120 cm³/mol. The normalized spacial score (nSPS) is 18.8. The van der Waals surface area contributed by atoms with Crippen molar-refractivity contribution in [3.05, 3.63) is 70.8 Å². The van der Waals surface area contributed by atoms with E-state index in [1.807, 2.05) is 29.2 Å². The molecule has 2 heterocycles. The van der Waals surface area contributed by atoms with Crippen molar-refractivity contribution >= 4 is 17.5 Å². The Balaban J connectivity index is 1.29. The number of nitrogens with zero attached hydrogens (tertiary/aromatic N) is 3. The molecule has 0 unspecified atom stereocenters. The summed E-state index contributed by atoms with van der Waals surface area (Å²) in [6.45, 7) is 1.30. The molecule has 7 heteroatoms. The second kappa shape index (κ2) is 8.66. The Labute approximate surface area is 191 Å². The van der Waals surface area contributed by atoms with Crippen molar-refractivity contribution in [1.29, 1.82) is 0 Å². The zero-order valence-electron chi connectivity index (χ0n) is 17.8. The van der Waals surface area contributed by atoms with Gasteiger partial charge < -0.3 is 9.42 Å². The molecule has 5 rings (SSSR count). The zero-order valence-corrected chi connectivity index (χ0v) is 18.5. The van der Waals surface area contributed by atoms with E-state index in [0.29, 0.717) is 29.6 Å². The quantitative estimate of drug-likeness (QED) is 0.505. The standard InChI is InChI=1S/C25H25ClFN3O2/c26-19-9-7-18(8-10-19)25(13-3-4-14-25)24(31)30-15-11-17(12-16-30)23-28-22(29-32-23)20-5-1-2-6-21(20)27/h1-2,5-10,17H,3-4,11-16H2. The summed E-state index contributed by atoms with van der Waals surface area (Å²) in [5.74, 6) is 0.702. The molecule has 0 spiro atoms. The molecule has 32 heavy (non-hydrogen) atoms. The number of likely N-dealkylation sites (tertiary alicyclic amines) is 1. The molecule has 0 radical (unpaired) electrons. The van der Waals surface area contributed by atoms with Crippen molar-refractivity contribution < 1.29 is 13.7 Å². The van der Waals surface area contributed by atoms with Gasteiger partial charge in [-0.15, -0.1) is 0 Å². The third-order valence-corrected chi connectivity index (χ3v) is 7.20. The van der Waals surface area contributed by atoms with Gasteiger partial charge in [-0.2, -0.15) is 4.98 Å². The first-order chi connectivity index (χ1) is 15.6. The molecule has 1 amide bonds. The maximum Gasteiger partial charge on any atom is 0.233 e. The van der Waals surface area contributed by atoms with Crippen molar-refractivity contribution in [1.82, 2.24) is 15.0 Å². The SMILES string of the molecule is O=C(N1CCC(c2nc(-c3ccccc3F)no2)CC1)C1(c2ccc(Cl)cc2)CCCC1. The van der Waals surface area contributed by atoms with Gasteiger partial charge in [0.25, 0.3) is 0 Å². The van der Waals surface area contributed by atoms with Gasteiger partial charge in [0.2, 0.25) is 17.6 Å². The fraction of sp³-hybridized carbons (Fsp3) is 0.400. The van der Waals surface area contributed by atoms with Gasteiger partial charge >= 0.3 is 0 Å². The minimum Gasteiger partial charge on any atom is -0.342 e. The van der Waals surface area contributed by atoms with Crippen LogP contribution in [0.25, 0.3) is 11.4 Å². The number of piperidine rings is 1. The summed E-state index contributed by atoms with van der Waals surface area (Å²) in [5, 5.41) is 4.66. The summed E-state index contributed by atoms with van der Waals surface area (Å²) < 4.78 is 19.5. The summed E-state index contributed by atoms with van der Waals surface area (Å²) in [4.78, 5) is 20.1. The van der Waals surface area contributed by atoms with Crippen molar-refractivity contribution in [2.45, 2.75) is 49.9 Å². The van der Waals surface area contributed by atoms with Crippen LogP contribution in [-0.2, 0) is 10.2 Å². The van der Waals surface area contributed by atoms with E-state index in [-0.39, 0.29) is 23.5 Å². The largest absolute Gasteiger partial charge is 0.342 e. The highest BCUT2D eigenvalue weighted by molar-refractivity contribution is 6.30. The van der Waals surface area contributed by atoms with E-state index in [4.69, 9.17) is 16.1 Å². The molecule has 0 atom stereocenters. The van der Waals surface area contributed by atoms with Gasteiger partial charge in [-0.3, -0.25) is 4.79 Å². The van der Waals surface area contributed by atoms with Crippen LogP contribution in [0.5, 0.6) is 0 Å². The van der Waals surface area contributed by atoms with E-state index in [0.717, 1.165) is 44.1 Å². The monoisotopic (exact) mass is 453 g/mol. The van der Waals surface area contributed by atoms with Crippen LogP contribution in [0.3, 0.4) is 0 Å². The number of carbonyl (C=O) groups excluding carboxylic acids is 1. The first kappa shape index (κ1) is 21.1. The number of hydrogen-bond donors (Lipinski definition) is 0. The third kappa shape index (κ3) is 3.81. The summed E-state index contributed by atoms with van der Waals surface area (Å²) in [6.07, 6.45) is 5.38. The lowest BCUT2D eigenvalue weighted by Gasteiger charge is -2.38. The summed E-state index contributed by atoms with van der Waals surface area (Å²) >= 11 is 6.08. The van der Waals surface area contributed by atoms with Crippen LogP contribution in [-0.4, -0.2) is 34.0 Å². The Kier molecular flexibility index (Phi) is 5.72. The van der Waals surface area contributed by atoms with E-state index < -0.39 is 5.41 Å². The highest BCUT2D eigenvalue weighted by Gasteiger charge is 2.45. The van der Waals surface area contributed by atoms with Crippen molar-refractivity contribution in [3.63, 3.8) is 0 Å². The van der Waals surface area contributed by atoms with Crippen LogP contribution in [0.2, 0.25) is 5.02 Å². The number of amides is 1. The van der Waals surface area contributed by atoms with Crippen LogP contribution in [0.1, 0.15) is 55.9 Å².